The fourth-order valence-electron chi connectivity index (χ4n) is 16.1. The van der Waals surface area contributed by atoms with Gasteiger partial charge in [-0.3, -0.25) is 9.69 Å². The topological polar surface area (TPSA) is 180 Å². The van der Waals surface area contributed by atoms with Crippen LogP contribution in [0.25, 0.3) is 0 Å². The minimum absolute atomic E-state index is 0.140. The van der Waals surface area contributed by atoms with Gasteiger partial charge in [0.25, 0.3) is 0 Å². The molecule has 5 N–H and O–H groups in total. The quantitative estimate of drug-likeness (QED) is 0.0528. The molecule has 444 valence electrons. The largest absolute Gasteiger partial charge is 0.459 e. The number of rotatable bonds is 17. The normalized spacial score (nSPS) is 42.4. The molecular weight excluding hydrogens is 984 g/mol. The number of carbonyl (C=O) groups excluding carboxylic acids is 1. The second kappa shape index (κ2) is 28.6. The standard InChI is InChI=1S/C61H114N2O12P/c1-14-50-61(10,69)54(65)44(6)63(34-26-15-16-27-35-76(46-28-20-17-21-29-46,47-30-22-18-23-31-47)48-32-24-19-25-33-48)39-40(2)37-59(8,68)56(75-58-52(64)49(62(11)12)36-41(3)71-58)42(4)53(43(5)57(67)73-50)74-51-38-60(9,70-13)55(66)45(7)72-51/h40-56,58,64-66,68-69H,14-39H2,1-13H3/q+1/t40-,41-,42+,43-,44-,45+,49+,50-,51+,52-,53+,54-,55+,56-,58+,59-,60-,61-/m1/s1. The van der Waals surface area contributed by atoms with Crippen LogP contribution in [0.2, 0.25) is 0 Å². The number of likely N-dealkylation sites (N-methyl/N-ethyl adjacent to an activating group) is 1. The minimum atomic E-state index is -1.82. The number of methoxy groups -OCH3 is 1. The van der Waals surface area contributed by atoms with Crippen molar-refractivity contribution in [1.82, 2.24) is 9.80 Å². The molecule has 6 rings (SSSR count). The fourth-order valence-corrected chi connectivity index (χ4v) is 23.7. The third kappa shape index (κ3) is 15.3. The number of carbonyl (C=O) groups is 1. The molecule has 6 aliphatic rings. The summed E-state index contributed by atoms with van der Waals surface area (Å²) in [4.78, 5) is 19.0. The molecule has 0 spiro atoms. The molecule has 3 saturated heterocycles. The van der Waals surface area contributed by atoms with Crippen LogP contribution in [0, 0.1) is 17.8 Å². The van der Waals surface area contributed by atoms with Crippen molar-refractivity contribution in [2.75, 3.05) is 40.5 Å². The van der Waals surface area contributed by atoms with Gasteiger partial charge in [-0.25, -0.2) is 0 Å². The van der Waals surface area contributed by atoms with Crippen molar-refractivity contribution in [2.45, 2.75) is 324 Å². The van der Waals surface area contributed by atoms with Crippen molar-refractivity contribution in [2.24, 2.45) is 17.8 Å². The molecule has 0 aromatic carbocycles. The molecule has 3 aliphatic heterocycles. The summed E-state index contributed by atoms with van der Waals surface area (Å²) in [5.41, 5.74) is -1.47. The Bertz CT molecular complexity index is 1680. The molecule has 18 atom stereocenters. The lowest BCUT2D eigenvalue weighted by molar-refractivity contribution is -0.318. The van der Waals surface area contributed by atoms with Crippen molar-refractivity contribution in [1.29, 1.82) is 0 Å². The number of cyclic esters (lactones) is 1. The van der Waals surface area contributed by atoms with Crippen molar-refractivity contribution >= 4 is 13.2 Å². The van der Waals surface area contributed by atoms with Crippen molar-refractivity contribution in [3.8, 4) is 0 Å². The van der Waals surface area contributed by atoms with E-state index in [0.717, 1.165) is 29.8 Å². The van der Waals surface area contributed by atoms with Gasteiger partial charge in [-0.1, -0.05) is 46.5 Å². The number of hydrogen-bond donors (Lipinski definition) is 5. The number of aliphatic hydroxyl groups excluding tert-OH is 3. The Balaban J connectivity index is 1.28. The lowest BCUT2D eigenvalue weighted by atomic mass is 9.77. The predicted octanol–water partition coefficient (Wildman–Crippen LogP) is 9.85. The molecule has 0 aromatic rings. The Labute approximate surface area is 462 Å². The van der Waals surface area contributed by atoms with Crippen LogP contribution in [0.4, 0.5) is 0 Å². The van der Waals surface area contributed by atoms with Crippen LogP contribution in [-0.2, 0) is 33.2 Å². The predicted molar refractivity (Wildman–Crippen MR) is 304 cm³/mol. The maximum absolute atomic E-state index is 14.8. The summed E-state index contributed by atoms with van der Waals surface area (Å²) in [5, 5.41) is 61.0. The van der Waals surface area contributed by atoms with E-state index < -0.39 is 103 Å². The number of hydrogen-bond acceptors (Lipinski definition) is 14. The van der Waals surface area contributed by atoms with E-state index >= 15 is 0 Å². The van der Waals surface area contributed by atoms with Crippen LogP contribution < -0.4 is 0 Å². The third-order valence-electron chi connectivity index (χ3n) is 20.5. The van der Waals surface area contributed by atoms with E-state index in [0.29, 0.717) is 19.5 Å². The molecule has 0 bridgehead atoms. The Morgan fingerprint density at radius 2 is 1.29 bits per heavy atom. The molecule has 0 aromatic heterocycles. The highest BCUT2D eigenvalue weighted by Crippen LogP contribution is 2.77. The van der Waals surface area contributed by atoms with Crippen molar-refractivity contribution in [3.63, 3.8) is 0 Å². The number of nitrogens with zero attached hydrogens (tertiary/aromatic N) is 2. The molecular formula is C61H114N2O12P+. The van der Waals surface area contributed by atoms with Gasteiger partial charge < -0.3 is 58.9 Å². The summed E-state index contributed by atoms with van der Waals surface area (Å²) in [5.74, 6) is -2.56. The monoisotopic (exact) mass is 1100 g/mol. The first-order valence-corrected chi connectivity index (χ1v) is 33.2. The first-order chi connectivity index (χ1) is 35.9. The van der Waals surface area contributed by atoms with E-state index in [-0.39, 0.29) is 37.3 Å². The molecule has 3 heterocycles. The molecule has 0 radical (unpaired) electrons. The highest BCUT2D eigenvalue weighted by Gasteiger charge is 2.57. The molecule has 3 saturated carbocycles. The lowest BCUT2D eigenvalue weighted by Gasteiger charge is -2.49. The van der Waals surface area contributed by atoms with Crippen LogP contribution in [0.5, 0.6) is 0 Å². The first kappa shape index (κ1) is 64.6. The summed E-state index contributed by atoms with van der Waals surface area (Å²) in [6, 6.07) is -0.796. The van der Waals surface area contributed by atoms with Crippen molar-refractivity contribution < 1.29 is 58.7 Å². The van der Waals surface area contributed by atoms with Gasteiger partial charge in [-0.15, -0.1) is 0 Å². The van der Waals surface area contributed by atoms with Gasteiger partial charge in [0.15, 0.2) is 12.6 Å². The Kier molecular flexibility index (Phi) is 24.3. The molecule has 76 heavy (non-hydrogen) atoms. The van der Waals surface area contributed by atoms with Crippen LogP contribution in [0.15, 0.2) is 0 Å². The Hall–Kier alpha value is -0.580. The van der Waals surface area contributed by atoms with Crippen molar-refractivity contribution in [3.05, 3.63) is 0 Å². The van der Waals surface area contributed by atoms with Crippen LogP contribution in [0.3, 0.4) is 0 Å². The number of esters is 1. The lowest BCUT2D eigenvalue weighted by Crippen LogP contribution is -2.60. The van der Waals surface area contributed by atoms with Gasteiger partial charge in [-0.05, 0) is 191 Å². The second-order valence-corrected chi connectivity index (χ2v) is 31.4. The maximum Gasteiger partial charge on any atom is 0.311 e. The smallest absolute Gasteiger partial charge is 0.311 e. The maximum atomic E-state index is 14.8. The van der Waals surface area contributed by atoms with Crippen LogP contribution in [-0.4, -0.2) is 189 Å². The van der Waals surface area contributed by atoms with Gasteiger partial charge in [0.05, 0.1) is 64.7 Å². The fraction of sp³-hybridized carbons (Fsp3) is 0.984. The van der Waals surface area contributed by atoms with E-state index in [2.05, 4.69) is 11.8 Å². The molecule has 0 unspecified atom stereocenters. The molecule has 0 amide bonds. The van der Waals surface area contributed by atoms with E-state index in [1.807, 2.05) is 46.7 Å². The highest BCUT2D eigenvalue weighted by atomic mass is 31.2. The first-order valence-electron chi connectivity index (χ1n) is 31.1. The minimum Gasteiger partial charge on any atom is -0.459 e. The average molecular weight is 1100 g/mol. The third-order valence-corrected chi connectivity index (χ3v) is 27.3. The number of aliphatic hydroxyl groups is 5. The van der Waals surface area contributed by atoms with Gasteiger partial charge in [0, 0.05) is 45.3 Å². The van der Waals surface area contributed by atoms with Gasteiger partial charge in [0.2, 0.25) is 0 Å². The second-order valence-electron chi connectivity index (χ2n) is 26.7. The molecule has 14 nitrogen and oxygen atoms in total. The highest BCUT2D eigenvalue weighted by molar-refractivity contribution is 7.77. The van der Waals surface area contributed by atoms with Gasteiger partial charge in [0.1, 0.15) is 30.0 Å². The summed E-state index contributed by atoms with van der Waals surface area (Å²) >= 11 is 0. The SMILES string of the molecule is CC[C@H]1OC(=O)[C@H](C)[C@@H](O[C@H]2C[C@@](C)(OC)[C@@H](O)[C@H](C)O2)[C@H](C)[C@@H](O[C@@H]2O[C@H](C)C[C@H](N(C)C)[C@H]2O)[C@](C)(O)C[C@@H](C)CN(CCCCCC[P+](C2CCCCC2)(C2CCCCC2)C2CCCCC2)[C@H](C)[C@@H](O)[C@]1(C)O. The average Bonchev–Trinajstić information content (AvgIpc) is 3.39. The zero-order valence-corrected chi connectivity index (χ0v) is 51.1. The summed E-state index contributed by atoms with van der Waals surface area (Å²) in [6.07, 6.45) is 19.5. The van der Waals surface area contributed by atoms with E-state index in [1.54, 1.807) is 34.6 Å². The zero-order chi connectivity index (χ0) is 55.8. The number of unbranched alkanes of at least 4 members (excludes halogenated alkanes) is 3. The van der Waals surface area contributed by atoms with E-state index in [1.165, 1.54) is 122 Å². The zero-order valence-electron chi connectivity index (χ0n) is 50.2. The van der Waals surface area contributed by atoms with Crippen LogP contribution in [0.1, 0.15) is 217 Å². The molecule has 6 fully saturated rings. The summed E-state index contributed by atoms with van der Waals surface area (Å²) in [6.45, 7) is 19.6. The van der Waals surface area contributed by atoms with E-state index in [9.17, 15) is 30.3 Å². The molecule has 15 heteroatoms. The summed E-state index contributed by atoms with van der Waals surface area (Å²) < 4.78 is 38.7. The van der Waals surface area contributed by atoms with Gasteiger partial charge in [-0.2, -0.15) is 0 Å². The van der Waals surface area contributed by atoms with Gasteiger partial charge >= 0.3 is 5.97 Å². The Morgan fingerprint density at radius 3 is 1.82 bits per heavy atom. The van der Waals surface area contributed by atoms with E-state index in [4.69, 9.17) is 28.4 Å². The van der Waals surface area contributed by atoms with Crippen LogP contribution >= 0.6 is 7.26 Å². The molecule has 3 aliphatic carbocycles. The Morgan fingerprint density at radius 1 is 0.737 bits per heavy atom. The number of ether oxygens (including phenoxy) is 6. The summed E-state index contributed by atoms with van der Waals surface area (Å²) in [7, 11) is 4.22.